The quantitative estimate of drug-likeness (QED) is 0.667. The van der Waals surface area contributed by atoms with Gasteiger partial charge in [-0.3, -0.25) is 0 Å². The fourth-order valence-electron chi connectivity index (χ4n) is 2.64. The molecule has 0 saturated carbocycles. The molecule has 0 aliphatic rings. The van der Waals surface area contributed by atoms with Crippen molar-refractivity contribution in [2.45, 2.75) is 19.5 Å². The summed E-state index contributed by atoms with van der Waals surface area (Å²) >= 11 is 1.70. The number of hydrogen-bond acceptors (Lipinski definition) is 3. The molecule has 2 nitrogen and oxygen atoms in total. The van der Waals surface area contributed by atoms with Crippen LogP contribution < -0.4 is 10.1 Å². The molecule has 1 heterocycles. The van der Waals surface area contributed by atoms with Crippen molar-refractivity contribution >= 4 is 11.3 Å². The highest BCUT2D eigenvalue weighted by molar-refractivity contribution is 7.08. The molecule has 0 bridgehead atoms. The molecular formula is C20H21NOS. The topological polar surface area (TPSA) is 21.3 Å². The van der Waals surface area contributed by atoms with E-state index in [4.69, 9.17) is 4.74 Å². The normalized spacial score (nSPS) is 12.1. The van der Waals surface area contributed by atoms with E-state index in [1.165, 1.54) is 16.7 Å². The average Bonchev–Trinajstić information content (AvgIpc) is 3.14. The summed E-state index contributed by atoms with van der Waals surface area (Å²) in [5, 5.41) is 7.84. The fourth-order valence-corrected chi connectivity index (χ4v) is 3.29. The lowest BCUT2D eigenvalue weighted by Crippen LogP contribution is -2.18. The van der Waals surface area contributed by atoms with Crippen LogP contribution in [0.25, 0.3) is 11.1 Å². The van der Waals surface area contributed by atoms with E-state index >= 15 is 0 Å². The summed E-state index contributed by atoms with van der Waals surface area (Å²) in [6, 6.07) is 19.4. The van der Waals surface area contributed by atoms with Crippen molar-refractivity contribution in [1.82, 2.24) is 5.32 Å². The molecule has 0 saturated heterocycles. The van der Waals surface area contributed by atoms with Gasteiger partial charge in [0.2, 0.25) is 0 Å². The Bertz CT molecular complexity index is 738. The third-order valence-corrected chi connectivity index (χ3v) is 4.69. The standard InChI is InChI=1S/C20H21NOS/c1-15(17-6-4-3-5-7-17)21-13-16-8-9-20(22-2)19(12-16)18-10-11-23-14-18/h3-12,14-15,21H,13H2,1-2H3. The van der Waals surface area contributed by atoms with Gasteiger partial charge in [-0.05, 0) is 52.6 Å². The summed E-state index contributed by atoms with van der Waals surface area (Å²) in [6.07, 6.45) is 0. The molecule has 0 aliphatic carbocycles. The molecule has 1 aromatic heterocycles. The zero-order valence-electron chi connectivity index (χ0n) is 13.5. The molecule has 3 heteroatoms. The predicted octanol–water partition coefficient (Wildman–Crippen LogP) is 5.27. The van der Waals surface area contributed by atoms with Gasteiger partial charge >= 0.3 is 0 Å². The van der Waals surface area contributed by atoms with Gasteiger partial charge in [0.1, 0.15) is 5.75 Å². The first-order valence-corrected chi connectivity index (χ1v) is 8.70. The first-order chi connectivity index (χ1) is 11.3. The highest BCUT2D eigenvalue weighted by Crippen LogP contribution is 2.32. The molecule has 0 radical (unpaired) electrons. The number of rotatable bonds is 6. The van der Waals surface area contributed by atoms with Gasteiger partial charge in [0.25, 0.3) is 0 Å². The zero-order chi connectivity index (χ0) is 16.1. The van der Waals surface area contributed by atoms with Crippen molar-refractivity contribution in [3.63, 3.8) is 0 Å². The summed E-state index contributed by atoms with van der Waals surface area (Å²) in [5.41, 5.74) is 4.93. The van der Waals surface area contributed by atoms with E-state index in [1.54, 1.807) is 18.4 Å². The van der Waals surface area contributed by atoms with Crippen molar-refractivity contribution in [1.29, 1.82) is 0 Å². The molecule has 0 amide bonds. The Kier molecular flexibility index (Phi) is 5.11. The van der Waals surface area contributed by atoms with Gasteiger partial charge in [0.05, 0.1) is 7.11 Å². The van der Waals surface area contributed by atoms with Crippen LogP contribution in [0.4, 0.5) is 0 Å². The first kappa shape index (κ1) is 15.8. The van der Waals surface area contributed by atoms with Crippen LogP contribution in [0.3, 0.4) is 0 Å². The van der Waals surface area contributed by atoms with Gasteiger partial charge in [-0.15, -0.1) is 0 Å². The molecular weight excluding hydrogens is 302 g/mol. The summed E-state index contributed by atoms with van der Waals surface area (Å²) in [5.74, 6) is 0.920. The molecule has 1 unspecified atom stereocenters. The second kappa shape index (κ2) is 7.44. The number of nitrogens with one attached hydrogen (secondary N) is 1. The molecule has 1 N–H and O–H groups in total. The highest BCUT2D eigenvalue weighted by atomic mass is 32.1. The fraction of sp³-hybridized carbons (Fsp3) is 0.200. The van der Waals surface area contributed by atoms with Crippen LogP contribution in [-0.2, 0) is 6.54 Å². The average molecular weight is 323 g/mol. The maximum absolute atomic E-state index is 5.50. The number of thiophene rings is 1. The van der Waals surface area contributed by atoms with Gasteiger partial charge in [0.15, 0.2) is 0 Å². The molecule has 118 valence electrons. The summed E-state index contributed by atoms with van der Waals surface area (Å²) in [6.45, 7) is 3.02. The first-order valence-electron chi connectivity index (χ1n) is 7.75. The minimum absolute atomic E-state index is 0.322. The molecule has 2 aromatic carbocycles. The predicted molar refractivity (Wildman–Crippen MR) is 98.0 cm³/mol. The molecule has 0 aliphatic heterocycles. The van der Waals surface area contributed by atoms with Crippen molar-refractivity contribution in [2.75, 3.05) is 7.11 Å². The molecule has 3 rings (SSSR count). The third-order valence-electron chi connectivity index (χ3n) is 4.01. The van der Waals surface area contributed by atoms with E-state index in [-0.39, 0.29) is 0 Å². The Morgan fingerprint density at radius 1 is 1.09 bits per heavy atom. The zero-order valence-corrected chi connectivity index (χ0v) is 14.3. The molecule has 0 fully saturated rings. The van der Waals surface area contributed by atoms with E-state index < -0.39 is 0 Å². The van der Waals surface area contributed by atoms with Crippen LogP contribution in [0.5, 0.6) is 5.75 Å². The van der Waals surface area contributed by atoms with Gasteiger partial charge in [0, 0.05) is 18.2 Å². The van der Waals surface area contributed by atoms with Crippen molar-refractivity contribution in [3.8, 4) is 16.9 Å². The SMILES string of the molecule is COc1ccc(CNC(C)c2ccccc2)cc1-c1ccsc1. The molecule has 1 atom stereocenters. The molecule has 23 heavy (non-hydrogen) atoms. The van der Waals surface area contributed by atoms with Crippen LogP contribution >= 0.6 is 11.3 Å². The smallest absolute Gasteiger partial charge is 0.126 e. The Hall–Kier alpha value is -2.10. The monoisotopic (exact) mass is 323 g/mol. The Morgan fingerprint density at radius 3 is 2.61 bits per heavy atom. The van der Waals surface area contributed by atoms with E-state index in [0.29, 0.717) is 6.04 Å². The van der Waals surface area contributed by atoms with Gasteiger partial charge in [-0.1, -0.05) is 36.4 Å². The van der Waals surface area contributed by atoms with Crippen molar-refractivity contribution < 1.29 is 4.74 Å². The second-order valence-corrected chi connectivity index (χ2v) is 6.34. The summed E-state index contributed by atoms with van der Waals surface area (Å²) < 4.78 is 5.50. The van der Waals surface area contributed by atoms with Crippen molar-refractivity contribution in [2.24, 2.45) is 0 Å². The maximum Gasteiger partial charge on any atom is 0.126 e. The largest absolute Gasteiger partial charge is 0.496 e. The van der Waals surface area contributed by atoms with E-state index in [9.17, 15) is 0 Å². The molecule has 0 spiro atoms. The lowest BCUT2D eigenvalue weighted by atomic mass is 10.0. The lowest BCUT2D eigenvalue weighted by Gasteiger charge is -2.15. The minimum atomic E-state index is 0.322. The third kappa shape index (κ3) is 3.81. The number of methoxy groups -OCH3 is 1. The van der Waals surface area contributed by atoms with E-state index in [2.05, 4.69) is 71.5 Å². The second-order valence-electron chi connectivity index (χ2n) is 5.56. The highest BCUT2D eigenvalue weighted by Gasteiger charge is 2.09. The Morgan fingerprint density at radius 2 is 1.91 bits per heavy atom. The summed E-state index contributed by atoms with van der Waals surface area (Å²) in [4.78, 5) is 0. The Balaban J connectivity index is 1.75. The summed E-state index contributed by atoms with van der Waals surface area (Å²) in [7, 11) is 1.72. The Labute approximate surface area is 141 Å². The number of benzene rings is 2. The van der Waals surface area contributed by atoms with Crippen LogP contribution in [0, 0.1) is 0 Å². The van der Waals surface area contributed by atoms with E-state index in [1.807, 2.05) is 6.07 Å². The van der Waals surface area contributed by atoms with Crippen LogP contribution in [0.15, 0.2) is 65.4 Å². The number of ether oxygens (including phenoxy) is 1. The minimum Gasteiger partial charge on any atom is -0.496 e. The lowest BCUT2D eigenvalue weighted by molar-refractivity contribution is 0.416. The van der Waals surface area contributed by atoms with Gasteiger partial charge in [-0.25, -0.2) is 0 Å². The van der Waals surface area contributed by atoms with Gasteiger partial charge in [-0.2, -0.15) is 11.3 Å². The van der Waals surface area contributed by atoms with E-state index in [0.717, 1.165) is 17.9 Å². The van der Waals surface area contributed by atoms with Crippen LogP contribution in [-0.4, -0.2) is 7.11 Å². The van der Waals surface area contributed by atoms with Crippen molar-refractivity contribution in [3.05, 3.63) is 76.5 Å². The van der Waals surface area contributed by atoms with Crippen LogP contribution in [0.2, 0.25) is 0 Å². The number of hydrogen-bond donors (Lipinski definition) is 1. The van der Waals surface area contributed by atoms with Crippen LogP contribution in [0.1, 0.15) is 24.1 Å². The van der Waals surface area contributed by atoms with Gasteiger partial charge < -0.3 is 10.1 Å². The maximum atomic E-state index is 5.50. The molecule has 3 aromatic rings.